The van der Waals surface area contributed by atoms with Gasteiger partial charge in [-0.2, -0.15) is 0 Å². The van der Waals surface area contributed by atoms with Crippen molar-refractivity contribution in [2.24, 2.45) is 23.7 Å². The van der Waals surface area contributed by atoms with Crippen molar-refractivity contribution in [2.75, 3.05) is 0 Å². The van der Waals surface area contributed by atoms with Gasteiger partial charge in [-0.1, -0.05) is 147 Å². The van der Waals surface area contributed by atoms with Crippen LogP contribution in [0.5, 0.6) is 0 Å². The van der Waals surface area contributed by atoms with Crippen LogP contribution in [0.1, 0.15) is 61.8 Å². The molecule has 0 saturated carbocycles. The second kappa shape index (κ2) is 11.1. The van der Waals surface area contributed by atoms with Crippen LogP contribution in [0.2, 0.25) is 0 Å². The Bertz CT molecular complexity index is 1620. The van der Waals surface area contributed by atoms with Gasteiger partial charge in [-0.3, -0.25) is 0 Å². The van der Waals surface area contributed by atoms with Gasteiger partial charge in [-0.15, -0.1) is 0 Å². The molecule has 4 aliphatic rings. The fourth-order valence-corrected chi connectivity index (χ4v) is 7.83. The number of hydrogen-bond acceptors (Lipinski definition) is 0. The number of allylic oxidation sites excluding steroid dienone is 12. The highest BCUT2D eigenvalue weighted by molar-refractivity contribution is 5.84. The van der Waals surface area contributed by atoms with Gasteiger partial charge in [0, 0.05) is 5.92 Å². The Balaban J connectivity index is 1.13. The molecule has 3 unspecified atom stereocenters. The SMILES string of the molecule is Cc1ccc(C2(C3C=CC(CC4=CCC(C5=CCC(C(C)C)C=C5)C=C4)=CC3)c3ccccc3-c3ccccc32)cc1. The summed E-state index contributed by atoms with van der Waals surface area (Å²) in [7, 11) is 0. The van der Waals surface area contributed by atoms with E-state index in [9.17, 15) is 0 Å². The number of fused-ring (bicyclic) bond motifs is 3. The largest absolute Gasteiger partial charge is 0.0806 e. The van der Waals surface area contributed by atoms with Gasteiger partial charge in [0.05, 0.1) is 5.41 Å². The smallest absolute Gasteiger partial charge is 0.0529 e. The minimum atomic E-state index is -0.188. The zero-order valence-corrected chi connectivity index (χ0v) is 25.3. The van der Waals surface area contributed by atoms with Gasteiger partial charge in [0.15, 0.2) is 0 Å². The van der Waals surface area contributed by atoms with E-state index >= 15 is 0 Å². The van der Waals surface area contributed by atoms with E-state index < -0.39 is 0 Å². The van der Waals surface area contributed by atoms with Gasteiger partial charge < -0.3 is 0 Å². The number of rotatable bonds is 6. The third-order valence-electron chi connectivity index (χ3n) is 10.3. The average Bonchev–Trinajstić information content (AvgIpc) is 3.33. The molecule has 3 aromatic rings. The van der Waals surface area contributed by atoms with Crippen molar-refractivity contribution in [3.8, 4) is 11.1 Å². The van der Waals surface area contributed by atoms with Gasteiger partial charge in [-0.05, 0) is 94.9 Å². The first-order valence-corrected chi connectivity index (χ1v) is 15.9. The molecule has 0 saturated heterocycles. The topological polar surface area (TPSA) is 0 Å². The van der Waals surface area contributed by atoms with Crippen LogP contribution in [0, 0.1) is 30.6 Å². The number of benzene rings is 3. The van der Waals surface area contributed by atoms with Crippen LogP contribution in [0.4, 0.5) is 0 Å². The van der Waals surface area contributed by atoms with Crippen LogP contribution in [0.25, 0.3) is 11.1 Å². The standard InChI is InChI=1S/C42H42/c1-29(2)33-20-22-35(23-21-33)34-18-14-31(15-19-34)28-32-16-26-37(27-17-32)42(36-24-12-30(3)13-25-36)40-10-6-4-8-38(40)39-9-5-7-11-41(39)42/h4-18,20,22-26,29,33-34,37H,19,21,27-28H2,1-3H3. The first-order valence-electron chi connectivity index (χ1n) is 15.9. The summed E-state index contributed by atoms with van der Waals surface area (Å²) >= 11 is 0. The lowest BCUT2D eigenvalue weighted by Crippen LogP contribution is -2.35. The Hall–Kier alpha value is -3.90. The van der Waals surface area contributed by atoms with E-state index in [0.29, 0.717) is 23.7 Å². The molecule has 7 rings (SSSR count). The summed E-state index contributed by atoms with van der Waals surface area (Å²) in [4.78, 5) is 0. The van der Waals surface area contributed by atoms with Crippen molar-refractivity contribution in [1.82, 2.24) is 0 Å². The number of hydrogen-bond donors (Lipinski definition) is 0. The summed E-state index contributed by atoms with van der Waals surface area (Å²) < 4.78 is 0. The van der Waals surface area contributed by atoms with E-state index in [-0.39, 0.29) is 5.41 Å². The van der Waals surface area contributed by atoms with Crippen LogP contribution in [0.15, 0.2) is 144 Å². The highest BCUT2D eigenvalue weighted by Gasteiger charge is 2.49. The van der Waals surface area contributed by atoms with E-state index in [1.807, 2.05) is 0 Å². The monoisotopic (exact) mass is 546 g/mol. The molecule has 0 N–H and O–H groups in total. The summed E-state index contributed by atoms with van der Waals surface area (Å²) in [6.07, 6.45) is 26.4. The summed E-state index contributed by atoms with van der Waals surface area (Å²) in [5.41, 5.74) is 12.5. The van der Waals surface area contributed by atoms with Crippen LogP contribution >= 0.6 is 0 Å². The molecule has 0 spiro atoms. The summed E-state index contributed by atoms with van der Waals surface area (Å²) in [5.74, 6) is 2.29. The van der Waals surface area contributed by atoms with Gasteiger partial charge in [0.25, 0.3) is 0 Å². The molecule has 0 aliphatic heterocycles. The normalized spacial score (nSPS) is 23.7. The Morgan fingerprint density at radius 3 is 1.86 bits per heavy atom. The Morgan fingerprint density at radius 1 is 0.667 bits per heavy atom. The predicted molar refractivity (Wildman–Crippen MR) is 178 cm³/mol. The molecule has 4 aliphatic carbocycles. The predicted octanol–water partition coefficient (Wildman–Crippen LogP) is 10.9. The second-order valence-corrected chi connectivity index (χ2v) is 13.1. The molecule has 0 bridgehead atoms. The molecule has 0 fully saturated rings. The Labute approximate surface area is 252 Å². The quantitative estimate of drug-likeness (QED) is 0.288. The molecular formula is C42H42. The zero-order valence-electron chi connectivity index (χ0n) is 25.3. The van der Waals surface area contributed by atoms with E-state index in [4.69, 9.17) is 0 Å². The van der Waals surface area contributed by atoms with Crippen LogP contribution in [-0.2, 0) is 5.41 Å². The lowest BCUT2D eigenvalue weighted by atomic mass is 9.62. The molecular weight excluding hydrogens is 504 g/mol. The molecule has 0 heterocycles. The van der Waals surface area contributed by atoms with Crippen molar-refractivity contribution in [2.45, 2.75) is 51.9 Å². The Kier molecular flexibility index (Phi) is 7.10. The number of aryl methyl sites for hydroxylation is 1. The average molecular weight is 547 g/mol. The molecule has 0 amide bonds. The third kappa shape index (κ3) is 4.62. The lowest BCUT2D eigenvalue weighted by Gasteiger charge is -2.40. The maximum absolute atomic E-state index is 2.52. The van der Waals surface area contributed by atoms with Crippen LogP contribution < -0.4 is 0 Å². The van der Waals surface area contributed by atoms with Crippen molar-refractivity contribution in [3.63, 3.8) is 0 Å². The second-order valence-electron chi connectivity index (χ2n) is 13.1. The van der Waals surface area contributed by atoms with E-state index in [1.54, 1.807) is 0 Å². The first kappa shape index (κ1) is 27.0. The van der Waals surface area contributed by atoms with Gasteiger partial charge in [0.1, 0.15) is 0 Å². The van der Waals surface area contributed by atoms with Crippen molar-refractivity contribution >= 4 is 0 Å². The third-order valence-corrected chi connectivity index (χ3v) is 10.3. The summed E-state index contributed by atoms with van der Waals surface area (Å²) in [5, 5.41) is 0. The molecule has 0 heteroatoms. The van der Waals surface area contributed by atoms with Crippen LogP contribution in [0.3, 0.4) is 0 Å². The van der Waals surface area contributed by atoms with Crippen molar-refractivity contribution in [3.05, 3.63) is 166 Å². The van der Waals surface area contributed by atoms with Gasteiger partial charge in [-0.25, -0.2) is 0 Å². The molecule has 0 nitrogen and oxygen atoms in total. The molecule has 42 heavy (non-hydrogen) atoms. The fraction of sp³-hybridized carbons (Fsp3) is 0.286. The van der Waals surface area contributed by atoms with E-state index in [2.05, 4.69) is 148 Å². The molecule has 0 aromatic heterocycles. The zero-order chi connectivity index (χ0) is 28.7. The lowest BCUT2D eigenvalue weighted by molar-refractivity contribution is 0.455. The van der Waals surface area contributed by atoms with Crippen LogP contribution in [-0.4, -0.2) is 0 Å². The maximum atomic E-state index is 2.52. The molecule has 0 radical (unpaired) electrons. The molecule has 3 aromatic carbocycles. The van der Waals surface area contributed by atoms with Gasteiger partial charge in [0.2, 0.25) is 0 Å². The molecule has 210 valence electrons. The highest BCUT2D eigenvalue weighted by atomic mass is 14.5. The summed E-state index contributed by atoms with van der Waals surface area (Å²) in [6, 6.07) is 27.5. The fourth-order valence-electron chi connectivity index (χ4n) is 7.83. The minimum absolute atomic E-state index is 0.188. The molecule has 3 atom stereocenters. The maximum Gasteiger partial charge on any atom is 0.0529 e. The van der Waals surface area contributed by atoms with E-state index in [1.165, 1.54) is 56.5 Å². The van der Waals surface area contributed by atoms with E-state index in [0.717, 1.165) is 19.3 Å². The minimum Gasteiger partial charge on any atom is -0.0806 e. The van der Waals surface area contributed by atoms with Gasteiger partial charge >= 0.3 is 0 Å². The first-order chi connectivity index (χ1) is 20.5. The summed E-state index contributed by atoms with van der Waals surface area (Å²) in [6.45, 7) is 6.84. The van der Waals surface area contributed by atoms with Crippen molar-refractivity contribution < 1.29 is 0 Å². The van der Waals surface area contributed by atoms with Crippen molar-refractivity contribution in [1.29, 1.82) is 0 Å². The highest BCUT2D eigenvalue weighted by Crippen LogP contribution is 2.58. The Morgan fingerprint density at radius 2 is 1.31 bits per heavy atom.